The van der Waals surface area contributed by atoms with Crippen molar-refractivity contribution in [1.82, 2.24) is 30.1 Å². The minimum absolute atomic E-state index is 0.208. The van der Waals surface area contributed by atoms with Crippen LogP contribution in [0.3, 0.4) is 0 Å². The fourth-order valence-electron chi connectivity index (χ4n) is 4.85. The molecule has 8 nitrogen and oxygen atoms in total. The van der Waals surface area contributed by atoms with Crippen molar-refractivity contribution in [2.24, 2.45) is 0 Å². The molecule has 1 fully saturated rings. The number of hydrogen-bond acceptors (Lipinski definition) is 6. The van der Waals surface area contributed by atoms with E-state index in [1.54, 1.807) is 24.7 Å². The van der Waals surface area contributed by atoms with Gasteiger partial charge in [0.1, 0.15) is 17.0 Å². The highest BCUT2D eigenvalue weighted by Gasteiger charge is 2.21. The van der Waals surface area contributed by atoms with Crippen LogP contribution in [0.15, 0.2) is 49.6 Å². The lowest BCUT2D eigenvalue weighted by atomic mass is 10.1. The number of aromatic amines is 2. The Bertz CT molecular complexity index is 1610. The van der Waals surface area contributed by atoms with E-state index in [1.807, 2.05) is 19.1 Å². The van der Waals surface area contributed by atoms with Crippen LogP contribution in [0.25, 0.3) is 40.0 Å². The van der Waals surface area contributed by atoms with Gasteiger partial charge in [0.15, 0.2) is 11.6 Å². The first-order valence-electron chi connectivity index (χ1n) is 13.1. The third kappa shape index (κ3) is 4.96. The highest BCUT2D eigenvalue weighted by molar-refractivity contribution is 5.95. The summed E-state index contributed by atoms with van der Waals surface area (Å²) >= 11 is 0. The average Bonchev–Trinajstić information content (AvgIpc) is 3.57. The fraction of sp³-hybridized carbons (Fsp3) is 0.310. The van der Waals surface area contributed by atoms with Crippen LogP contribution in [0.2, 0.25) is 0 Å². The van der Waals surface area contributed by atoms with E-state index in [1.165, 1.54) is 6.42 Å². The van der Waals surface area contributed by atoms with E-state index in [-0.39, 0.29) is 5.57 Å². The van der Waals surface area contributed by atoms with E-state index >= 15 is 4.39 Å². The molecule has 0 spiro atoms. The van der Waals surface area contributed by atoms with E-state index in [0.29, 0.717) is 27.6 Å². The molecular weight excluding hydrogens is 479 g/mol. The van der Waals surface area contributed by atoms with Crippen LogP contribution in [0.5, 0.6) is 0 Å². The molecule has 0 aliphatic carbocycles. The SMILES string of the molecule is C=C(CCC)Nc1cncc(C(=C)/C(F)=c2/c(-c3nc4c(N5CCCCC5)nccc4[nH]3)n[nH]/c2=C/C)c1. The van der Waals surface area contributed by atoms with Gasteiger partial charge in [-0.1, -0.05) is 32.6 Å². The lowest BCUT2D eigenvalue weighted by Gasteiger charge is -2.27. The highest BCUT2D eigenvalue weighted by atomic mass is 19.1. The number of nitrogens with one attached hydrogen (secondary N) is 3. The van der Waals surface area contributed by atoms with Gasteiger partial charge in [0, 0.05) is 42.3 Å². The second-order valence-corrected chi connectivity index (χ2v) is 9.55. The number of pyridine rings is 2. The molecule has 0 amide bonds. The van der Waals surface area contributed by atoms with Crippen LogP contribution >= 0.6 is 0 Å². The summed E-state index contributed by atoms with van der Waals surface area (Å²) in [5.74, 6) is 0.818. The zero-order valence-corrected chi connectivity index (χ0v) is 21.9. The number of nitrogens with zero attached hydrogens (tertiary/aromatic N) is 5. The Morgan fingerprint density at radius 1 is 1.21 bits per heavy atom. The summed E-state index contributed by atoms with van der Waals surface area (Å²) in [6, 6.07) is 3.70. The van der Waals surface area contributed by atoms with Crippen molar-refractivity contribution < 1.29 is 4.39 Å². The van der Waals surface area contributed by atoms with Crippen LogP contribution in [0, 0.1) is 0 Å². The Kier molecular flexibility index (Phi) is 7.35. The van der Waals surface area contributed by atoms with Gasteiger partial charge in [0.2, 0.25) is 0 Å². The molecule has 0 bridgehead atoms. The van der Waals surface area contributed by atoms with Crippen molar-refractivity contribution in [1.29, 1.82) is 0 Å². The molecular formula is C29H33FN8. The minimum atomic E-state index is -0.497. The van der Waals surface area contributed by atoms with Crippen molar-refractivity contribution in [3.05, 3.63) is 65.7 Å². The predicted molar refractivity (Wildman–Crippen MR) is 152 cm³/mol. The summed E-state index contributed by atoms with van der Waals surface area (Å²) in [6.45, 7) is 13.9. The maximum Gasteiger partial charge on any atom is 0.159 e. The van der Waals surface area contributed by atoms with Crippen LogP contribution in [0.1, 0.15) is 51.5 Å². The Labute approximate surface area is 221 Å². The standard InChI is InChI=1S/C29H33FN8/c1-5-10-18(3)33-21-15-20(16-31-17-21)19(4)25(30)24-22(6-2)36-37-27(24)28-34-23-11-12-32-29(26(23)35-28)38-13-8-7-9-14-38/h6,11-12,15-17,33,36H,3-5,7-10,13-14H2,1-2H3,(H,34,35)/b22-6+,25-24-. The lowest BCUT2D eigenvalue weighted by Crippen LogP contribution is -2.30. The van der Waals surface area contributed by atoms with Gasteiger partial charge in [-0.15, -0.1) is 0 Å². The quantitative estimate of drug-likeness (QED) is 0.306. The molecule has 0 unspecified atom stereocenters. The Balaban J connectivity index is 1.57. The van der Waals surface area contributed by atoms with Gasteiger partial charge in [0.25, 0.3) is 0 Å². The van der Waals surface area contributed by atoms with Crippen molar-refractivity contribution in [2.45, 2.75) is 46.0 Å². The molecule has 3 N–H and O–H groups in total. The van der Waals surface area contributed by atoms with Gasteiger partial charge < -0.3 is 15.2 Å². The third-order valence-corrected chi connectivity index (χ3v) is 6.79. The Morgan fingerprint density at radius 3 is 2.79 bits per heavy atom. The normalized spacial score (nSPS) is 15.1. The smallest absolute Gasteiger partial charge is 0.159 e. The second-order valence-electron chi connectivity index (χ2n) is 9.55. The number of piperidine rings is 1. The molecule has 0 atom stereocenters. The Morgan fingerprint density at radius 2 is 2.03 bits per heavy atom. The first-order chi connectivity index (χ1) is 18.5. The highest BCUT2D eigenvalue weighted by Crippen LogP contribution is 2.28. The van der Waals surface area contributed by atoms with E-state index in [9.17, 15) is 0 Å². The van der Waals surface area contributed by atoms with Gasteiger partial charge in [-0.25, -0.2) is 14.4 Å². The van der Waals surface area contributed by atoms with Gasteiger partial charge in [0.05, 0.1) is 28.0 Å². The molecule has 1 aliphatic heterocycles. The molecule has 5 rings (SSSR count). The average molecular weight is 513 g/mol. The molecule has 1 saturated heterocycles. The summed E-state index contributed by atoms with van der Waals surface area (Å²) in [4.78, 5) is 19.3. The maximum atomic E-state index is 16.2. The summed E-state index contributed by atoms with van der Waals surface area (Å²) in [5, 5.41) is 11.5. The zero-order chi connectivity index (χ0) is 26.6. The van der Waals surface area contributed by atoms with Gasteiger partial charge in [-0.2, -0.15) is 5.10 Å². The molecule has 196 valence electrons. The van der Waals surface area contributed by atoms with Gasteiger partial charge >= 0.3 is 0 Å². The number of hydrogen-bond donors (Lipinski definition) is 3. The second kappa shape index (κ2) is 11.0. The number of allylic oxidation sites excluding steroid dienone is 2. The van der Waals surface area contributed by atoms with Gasteiger partial charge in [-0.3, -0.25) is 10.1 Å². The van der Waals surface area contributed by atoms with Crippen molar-refractivity contribution >= 4 is 40.0 Å². The van der Waals surface area contributed by atoms with Crippen LogP contribution in [-0.4, -0.2) is 43.2 Å². The first-order valence-corrected chi connectivity index (χ1v) is 13.1. The molecule has 5 heterocycles. The summed E-state index contributed by atoms with van der Waals surface area (Å²) in [7, 11) is 0. The number of halogens is 1. The number of aromatic nitrogens is 6. The van der Waals surface area contributed by atoms with Crippen molar-refractivity contribution in [3.8, 4) is 11.5 Å². The fourth-order valence-corrected chi connectivity index (χ4v) is 4.85. The van der Waals surface area contributed by atoms with E-state index in [4.69, 9.17) is 4.98 Å². The first kappa shape index (κ1) is 25.4. The van der Waals surface area contributed by atoms with E-state index in [0.717, 1.165) is 67.0 Å². The Hall–Kier alpha value is -4.27. The number of anilines is 2. The summed E-state index contributed by atoms with van der Waals surface area (Å²) in [6.07, 6.45) is 12.2. The molecule has 0 aromatic carbocycles. The largest absolute Gasteiger partial charge is 0.358 e. The topological polar surface area (TPSA) is 98.4 Å². The number of rotatable bonds is 8. The van der Waals surface area contributed by atoms with Crippen molar-refractivity contribution in [2.75, 3.05) is 23.3 Å². The molecule has 9 heteroatoms. The number of H-pyrrole nitrogens is 2. The lowest BCUT2D eigenvalue weighted by molar-refractivity contribution is 0.574. The zero-order valence-electron chi connectivity index (χ0n) is 21.9. The molecule has 0 saturated carbocycles. The number of fused-ring (bicyclic) bond motifs is 1. The monoisotopic (exact) mass is 512 g/mol. The predicted octanol–water partition coefficient (Wildman–Crippen LogP) is 5.05. The van der Waals surface area contributed by atoms with Crippen LogP contribution < -0.4 is 20.8 Å². The molecule has 4 aromatic heterocycles. The molecule has 38 heavy (non-hydrogen) atoms. The molecule has 1 aliphatic rings. The minimum Gasteiger partial charge on any atom is -0.358 e. The summed E-state index contributed by atoms with van der Waals surface area (Å²) < 4.78 is 16.2. The van der Waals surface area contributed by atoms with Crippen molar-refractivity contribution in [3.63, 3.8) is 0 Å². The summed E-state index contributed by atoms with van der Waals surface area (Å²) in [5.41, 5.74) is 4.36. The van der Waals surface area contributed by atoms with Crippen LogP contribution in [0.4, 0.5) is 15.9 Å². The maximum absolute atomic E-state index is 16.2. The van der Waals surface area contributed by atoms with E-state index in [2.05, 4.69) is 55.4 Å². The number of imidazole rings is 1. The van der Waals surface area contributed by atoms with Crippen LogP contribution in [-0.2, 0) is 0 Å². The van der Waals surface area contributed by atoms with Gasteiger partial charge in [-0.05, 0) is 44.7 Å². The third-order valence-electron chi connectivity index (χ3n) is 6.79. The molecule has 4 aromatic rings. The molecule has 0 radical (unpaired) electrons. The van der Waals surface area contributed by atoms with E-state index < -0.39 is 5.83 Å².